The number of hydrogen-bond donors (Lipinski definition) is 0. The minimum absolute atomic E-state index is 0.179. The van der Waals surface area contributed by atoms with Crippen LogP contribution in [0.1, 0.15) is 46.0 Å². The van der Waals surface area contributed by atoms with E-state index in [1.807, 2.05) is 0 Å². The minimum Gasteiger partial charge on any atom is -0.371 e. The Morgan fingerprint density at radius 2 is 1.93 bits per heavy atom. The molecule has 4 bridgehead atoms. The van der Waals surface area contributed by atoms with Crippen LogP contribution in [-0.2, 0) is 4.74 Å². The van der Waals surface area contributed by atoms with Gasteiger partial charge in [0, 0.05) is 6.61 Å². The second-order valence-corrected chi connectivity index (χ2v) is 5.72. The highest BCUT2D eigenvalue weighted by Gasteiger charge is 2.54. The first kappa shape index (κ1) is 9.89. The van der Waals surface area contributed by atoms with Gasteiger partial charge in [-0.3, -0.25) is 0 Å². The van der Waals surface area contributed by atoms with Crippen molar-refractivity contribution in [2.24, 2.45) is 17.8 Å². The predicted molar refractivity (Wildman–Crippen MR) is 61.7 cm³/mol. The lowest BCUT2D eigenvalue weighted by Gasteiger charge is -2.58. The molecule has 4 rings (SSSR count). The van der Waals surface area contributed by atoms with Crippen LogP contribution >= 0.6 is 0 Å². The van der Waals surface area contributed by atoms with E-state index in [1.165, 1.54) is 32.1 Å². The van der Waals surface area contributed by atoms with Crippen molar-refractivity contribution in [3.05, 3.63) is 11.6 Å². The number of hydrogen-bond acceptors (Lipinski definition) is 1. The fourth-order valence-electron chi connectivity index (χ4n) is 4.75. The van der Waals surface area contributed by atoms with Crippen molar-refractivity contribution in [1.29, 1.82) is 0 Å². The van der Waals surface area contributed by atoms with Crippen LogP contribution in [0.3, 0.4) is 0 Å². The Balaban J connectivity index is 1.97. The Labute approximate surface area is 92.9 Å². The van der Waals surface area contributed by atoms with Crippen molar-refractivity contribution in [1.82, 2.24) is 0 Å². The molecule has 1 nitrogen and oxygen atoms in total. The molecule has 4 aliphatic carbocycles. The summed E-state index contributed by atoms with van der Waals surface area (Å²) in [5, 5.41) is 0. The SMILES string of the molecule is C/C=C1\C2C[C@@H]3C[C@H](C2)CC1(OCC)C3. The van der Waals surface area contributed by atoms with Gasteiger partial charge in [0.1, 0.15) is 0 Å². The Bertz CT molecular complexity index is 278. The zero-order valence-corrected chi connectivity index (χ0v) is 9.96. The van der Waals surface area contributed by atoms with Crippen LogP contribution in [-0.4, -0.2) is 12.2 Å². The van der Waals surface area contributed by atoms with E-state index in [0.717, 1.165) is 24.4 Å². The van der Waals surface area contributed by atoms with Gasteiger partial charge in [-0.2, -0.15) is 0 Å². The zero-order chi connectivity index (χ0) is 10.5. The second-order valence-electron chi connectivity index (χ2n) is 5.72. The number of allylic oxidation sites excluding steroid dienone is 1. The highest BCUT2D eigenvalue weighted by atomic mass is 16.5. The average molecular weight is 206 g/mol. The first-order valence-electron chi connectivity index (χ1n) is 6.58. The van der Waals surface area contributed by atoms with Crippen LogP contribution < -0.4 is 0 Å². The lowest BCUT2D eigenvalue weighted by atomic mass is 9.52. The summed E-state index contributed by atoms with van der Waals surface area (Å²) in [4.78, 5) is 0. The zero-order valence-electron chi connectivity index (χ0n) is 9.96. The largest absolute Gasteiger partial charge is 0.371 e. The normalized spacial score (nSPS) is 50.3. The van der Waals surface area contributed by atoms with Gasteiger partial charge in [-0.1, -0.05) is 6.08 Å². The first-order valence-corrected chi connectivity index (χ1v) is 6.58. The molecular weight excluding hydrogens is 184 g/mol. The second kappa shape index (κ2) is 3.35. The Kier molecular flexibility index (Phi) is 2.21. The monoisotopic (exact) mass is 206 g/mol. The van der Waals surface area contributed by atoms with Gasteiger partial charge in [0.2, 0.25) is 0 Å². The van der Waals surface area contributed by atoms with E-state index in [-0.39, 0.29) is 5.60 Å². The molecule has 0 heterocycles. The van der Waals surface area contributed by atoms with Crippen molar-refractivity contribution in [2.75, 3.05) is 6.61 Å². The Morgan fingerprint density at radius 1 is 1.27 bits per heavy atom. The van der Waals surface area contributed by atoms with Gasteiger partial charge >= 0.3 is 0 Å². The fourth-order valence-corrected chi connectivity index (χ4v) is 4.75. The smallest absolute Gasteiger partial charge is 0.0899 e. The van der Waals surface area contributed by atoms with E-state index >= 15 is 0 Å². The molecule has 2 unspecified atom stereocenters. The van der Waals surface area contributed by atoms with Crippen LogP contribution in [0.5, 0.6) is 0 Å². The molecule has 0 saturated heterocycles. The van der Waals surface area contributed by atoms with Crippen LogP contribution in [0.2, 0.25) is 0 Å². The lowest BCUT2D eigenvalue weighted by molar-refractivity contribution is -0.117. The van der Waals surface area contributed by atoms with E-state index in [4.69, 9.17) is 4.74 Å². The van der Waals surface area contributed by atoms with E-state index in [9.17, 15) is 0 Å². The maximum Gasteiger partial charge on any atom is 0.0899 e. The molecule has 1 heteroatoms. The first-order chi connectivity index (χ1) is 7.27. The van der Waals surface area contributed by atoms with Crippen molar-refractivity contribution >= 4 is 0 Å². The molecule has 4 saturated carbocycles. The summed E-state index contributed by atoms with van der Waals surface area (Å²) in [5.74, 6) is 2.81. The van der Waals surface area contributed by atoms with Gasteiger partial charge in [-0.25, -0.2) is 0 Å². The molecule has 15 heavy (non-hydrogen) atoms. The van der Waals surface area contributed by atoms with Crippen LogP contribution in [0, 0.1) is 17.8 Å². The molecule has 0 radical (unpaired) electrons. The van der Waals surface area contributed by atoms with Gasteiger partial charge in [0.25, 0.3) is 0 Å². The van der Waals surface area contributed by atoms with Crippen molar-refractivity contribution in [3.63, 3.8) is 0 Å². The molecule has 84 valence electrons. The highest BCUT2D eigenvalue weighted by molar-refractivity contribution is 5.28. The molecule has 0 N–H and O–H groups in total. The van der Waals surface area contributed by atoms with Gasteiger partial charge < -0.3 is 4.74 Å². The van der Waals surface area contributed by atoms with Crippen LogP contribution in [0.4, 0.5) is 0 Å². The third kappa shape index (κ3) is 1.32. The maximum atomic E-state index is 6.18. The molecule has 0 aromatic carbocycles. The maximum absolute atomic E-state index is 6.18. The van der Waals surface area contributed by atoms with Gasteiger partial charge in [0.15, 0.2) is 0 Å². The summed E-state index contributed by atoms with van der Waals surface area (Å²) in [6.07, 6.45) is 9.37. The van der Waals surface area contributed by atoms with Crippen LogP contribution in [0.15, 0.2) is 11.6 Å². The third-order valence-electron chi connectivity index (χ3n) is 4.84. The third-order valence-corrected chi connectivity index (χ3v) is 4.84. The molecule has 0 aromatic heterocycles. The summed E-state index contributed by atoms with van der Waals surface area (Å²) < 4.78 is 6.18. The fraction of sp³-hybridized carbons (Fsp3) is 0.857. The Morgan fingerprint density at radius 3 is 2.47 bits per heavy atom. The number of ether oxygens (including phenoxy) is 1. The summed E-state index contributed by atoms with van der Waals surface area (Å²) in [6.45, 7) is 5.23. The molecule has 4 atom stereocenters. The summed E-state index contributed by atoms with van der Waals surface area (Å²) in [6, 6.07) is 0. The summed E-state index contributed by atoms with van der Waals surface area (Å²) >= 11 is 0. The van der Waals surface area contributed by atoms with Gasteiger partial charge in [-0.15, -0.1) is 0 Å². The molecule has 0 spiro atoms. The van der Waals surface area contributed by atoms with Gasteiger partial charge in [0.05, 0.1) is 5.60 Å². The topological polar surface area (TPSA) is 9.23 Å². The van der Waals surface area contributed by atoms with Crippen molar-refractivity contribution < 1.29 is 4.74 Å². The van der Waals surface area contributed by atoms with Crippen molar-refractivity contribution in [3.8, 4) is 0 Å². The van der Waals surface area contributed by atoms with E-state index in [2.05, 4.69) is 19.9 Å². The quantitative estimate of drug-likeness (QED) is 0.628. The summed E-state index contributed by atoms with van der Waals surface area (Å²) in [7, 11) is 0. The highest BCUT2D eigenvalue weighted by Crippen LogP contribution is 2.59. The molecule has 0 aromatic rings. The molecule has 4 aliphatic rings. The van der Waals surface area contributed by atoms with Crippen LogP contribution in [0.25, 0.3) is 0 Å². The summed E-state index contributed by atoms with van der Waals surface area (Å²) in [5.41, 5.74) is 1.83. The van der Waals surface area contributed by atoms with Gasteiger partial charge in [-0.05, 0) is 69.3 Å². The molecule has 0 amide bonds. The van der Waals surface area contributed by atoms with E-state index < -0.39 is 0 Å². The molecule has 0 aliphatic heterocycles. The Hall–Kier alpha value is -0.300. The standard InChI is InChI=1S/C14H22O/c1-3-13-12-6-10-5-11(7-12)9-14(13,8-10)15-4-2/h3,10-12H,4-9H2,1-2H3/b13-3+/t10-,11+,12?,14?. The van der Waals surface area contributed by atoms with E-state index in [0.29, 0.717) is 0 Å². The lowest BCUT2D eigenvalue weighted by Crippen LogP contribution is -2.53. The minimum atomic E-state index is 0.179. The average Bonchev–Trinajstić information content (AvgIpc) is 2.16. The van der Waals surface area contributed by atoms with Crippen molar-refractivity contribution in [2.45, 2.75) is 51.6 Å². The number of rotatable bonds is 2. The predicted octanol–water partition coefficient (Wildman–Crippen LogP) is 3.55. The van der Waals surface area contributed by atoms with E-state index in [1.54, 1.807) is 5.57 Å². The molecular formula is C14H22O. The molecule has 4 fully saturated rings.